The van der Waals surface area contributed by atoms with Crippen molar-refractivity contribution >= 4 is 29.9 Å². The second kappa shape index (κ2) is 17.3. The van der Waals surface area contributed by atoms with Crippen LogP contribution in [0.15, 0.2) is 23.2 Å². The molecule has 7 nitrogen and oxygen atoms in total. The number of halogens is 1. The molecule has 1 aliphatic heterocycles. The number of nitrogens with zero attached hydrogens (tertiary/aromatic N) is 1. The summed E-state index contributed by atoms with van der Waals surface area (Å²) in [6, 6.07) is 6.13. The predicted octanol–water partition coefficient (Wildman–Crippen LogP) is 3.79. The SMILES string of the molecule is CCNC(=NCCCOCC1CCCO1)NCCc1ccc(OCC)c(OCC)c1.I. The first-order valence-corrected chi connectivity index (χ1v) is 11.4. The quantitative estimate of drug-likeness (QED) is 0.159. The van der Waals surface area contributed by atoms with Crippen LogP contribution in [0.5, 0.6) is 11.5 Å². The van der Waals surface area contributed by atoms with Gasteiger partial charge in [-0.3, -0.25) is 4.99 Å². The normalized spacial score (nSPS) is 16.0. The van der Waals surface area contributed by atoms with Crippen molar-refractivity contribution in [1.82, 2.24) is 10.6 Å². The summed E-state index contributed by atoms with van der Waals surface area (Å²) in [6.45, 7) is 11.9. The molecule has 31 heavy (non-hydrogen) atoms. The molecule has 0 aliphatic carbocycles. The summed E-state index contributed by atoms with van der Waals surface area (Å²) in [5.74, 6) is 2.45. The van der Waals surface area contributed by atoms with Crippen LogP contribution in [0.25, 0.3) is 0 Å². The molecule has 1 unspecified atom stereocenters. The van der Waals surface area contributed by atoms with Gasteiger partial charge in [0.05, 0.1) is 25.9 Å². The molecule has 8 heteroatoms. The molecule has 1 heterocycles. The van der Waals surface area contributed by atoms with Crippen LogP contribution in [0.2, 0.25) is 0 Å². The molecule has 1 atom stereocenters. The van der Waals surface area contributed by atoms with Crippen LogP contribution in [0, 0.1) is 0 Å². The first-order valence-electron chi connectivity index (χ1n) is 11.4. The lowest BCUT2D eigenvalue weighted by Crippen LogP contribution is -2.38. The van der Waals surface area contributed by atoms with Gasteiger partial charge >= 0.3 is 0 Å². The smallest absolute Gasteiger partial charge is 0.191 e. The summed E-state index contributed by atoms with van der Waals surface area (Å²) in [4.78, 5) is 4.64. The third kappa shape index (κ3) is 11.2. The van der Waals surface area contributed by atoms with Gasteiger partial charge in [-0.1, -0.05) is 6.07 Å². The highest BCUT2D eigenvalue weighted by atomic mass is 127. The Kier molecular flexibility index (Phi) is 15.5. The highest BCUT2D eigenvalue weighted by molar-refractivity contribution is 14.0. The summed E-state index contributed by atoms with van der Waals surface area (Å²) in [7, 11) is 0. The van der Waals surface area contributed by atoms with Gasteiger partial charge in [0.15, 0.2) is 17.5 Å². The lowest BCUT2D eigenvalue weighted by molar-refractivity contribution is 0.0171. The third-order valence-corrected chi connectivity index (χ3v) is 4.70. The van der Waals surface area contributed by atoms with Crippen LogP contribution in [0.4, 0.5) is 0 Å². The standard InChI is InChI=1S/C23H39N3O4.HI/c1-4-24-23(25-13-8-15-27-18-20-9-7-16-30-20)26-14-12-19-10-11-21(28-5-2)22(17-19)29-6-3;/h10-11,17,20H,4-9,12-16,18H2,1-3H3,(H2,24,25,26);1H. The van der Waals surface area contributed by atoms with Crippen LogP contribution in [0.1, 0.15) is 45.6 Å². The van der Waals surface area contributed by atoms with Gasteiger partial charge in [0.2, 0.25) is 0 Å². The Morgan fingerprint density at radius 1 is 1.13 bits per heavy atom. The molecule has 0 spiro atoms. The average Bonchev–Trinajstić information content (AvgIpc) is 3.26. The van der Waals surface area contributed by atoms with E-state index in [9.17, 15) is 0 Å². The molecule has 1 saturated heterocycles. The number of ether oxygens (including phenoxy) is 4. The van der Waals surface area contributed by atoms with Gasteiger partial charge in [-0.2, -0.15) is 0 Å². The maximum absolute atomic E-state index is 5.71. The molecule has 1 aliphatic rings. The lowest BCUT2D eigenvalue weighted by atomic mass is 10.1. The molecule has 0 bridgehead atoms. The number of aliphatic imine (C=N–C) groups is 1. The van der Waals surface area contributed by atoms with Gasteiger partial charge in [-0.05, 0) is 64.2 Å². The first-order chi connectivity index (χ1) is 14.8. The summed E-state index contributed by atoms with van der Waals surface area (Å²) in [5, 5.41) is 6.70. The summed E-state index contributed by atoms with van der Waals surface area (Å²) in [6.07, 6.45) is 4.34. The fourth-order valence-corrected chi connectivity index (χ4v) is 3.27. The molecule has 1 aromatic rings. The Hall–Kier alpha value is -1.26. The highest BCUT2D eigenvalue weighted by Gasteiger charge is 2.14. The Labute approximate surface area is 204 Å². The Morgan fingerprint density at radius 3 is 2.65 bits per heavy atom. The zero-order chi connectivity index (χ0) is 21.4. The van der Waals surface area contributed by atoms with Crippen LogP contribution >= 0.6 is 24.0 Å². The molecular weight excluding hydrogens is 509 g/mol. The summed E-state index contributed by atoms with van der Waals surface area (Å²) in [5.41, 5.74) is 1.20. The van der Waals surface area contributed by atoms with Gasteiger partial charge in [-0.25, -0.2) is 0 Å². The number of nitrogens with one attached hydrogen (secondary N) is 2. The second-order valence-electron chi connectivity index (χ2n) is 7.15. The minimum absolute atomic E-state index is 0. The molecule has 0 radical (unpaired) electrons. The number of guanidine groups is 1. The monoisotopic (exact) mass is 549 g/mol. The van der Waals surface area contributed by atoms with Crippen molar-refractivity contribution in [3.63, 3.8) is 0 Å². The van der Waals surface area contributed by atoms with Gasteiger partial charge in [-0.15, -0.1) is 24.0 Å². The topological polar surface area (TPSA) is 73.3 Å². The van der Waals surface area contributed by atoms with E-state index in [1.165, 1.54) is 5.56 Å². The highest BCUT2D eigenvalue weighted by Crippen LogP contribution is 2.28. The van der Waals surface area contributed by atoms with Gasteiger partial charge in [0.25, 0.3) is 0 Å². The van der Waals surface area contributed by atoms with Gasteiger partial charge in [0, 0.05) is 32.8 Å². The third-order valence-electron chi connectivity index (χ3n) is 4.70. The van der Waals surface area contributed by atoms with Crippen molar-refractivity contribution in [3.05, 3.63) is 23.8 Å². The Morgan fingerprint density at radius 2 is 1.94 bits per heavy atom. The fraction of sp³-hybridized carbons (Fsp3) is 0.696. The van der Waals surface area contributed by atoms with Crippen molar-refractivity contribution in [2.45, 2.75) is 52.6 Å². The van der Waals surface area contributed by atoms with Crippen LogP contribution < -0.4 is 20.1 Å². The largest absolute Gasteiger partial charge is 0.490 e. The molecule has 0 aromatic heterocycles. The van der Waals surface area contributed by atoms with Crippen molar-refractivity contribution in [3.8, 4) is 11.5 Å². The van der Waals surface area contributed by atoms with Crippen molar-refractivity contribution < 1.29 is 18.9 Å². The zero-order valence-electron chi connectivity index (χ0n) is 19.3. The van der Waals surface area contributed by atoms with E-state index in [0.717, 1.165) is 76.0 Å². The minimum atomic E-state index is 0. The predicted molar refractivity (Wildman–Crippen MR) is 136 cm³/mol. The summed E-state index contributed by atoms with van der Waals surface area (Å²) >= 11 is 0. The molecule has 0 saturated carbocycles. The second-order valence-corrected chi connectivity index (χ2v) is 7.15. The molecule has 178 valence electrons. The van der Waals surface area contributed by atoms with Crippen molar-refractivity contribution in [2.24, 2.45) is 4.99 Å². The minimum Gasteiger partial charge on any atom is -0.490 e. The van der Waals surface area contributed by atoms with E-state index in [0.29, 0.717) is 25.9 Å². The molecular formula is C23H40IN3O4. The number of hydrogen-bond donors (Lipinski definition) is 2. The first kappa shape index (κ1) is 27.8. The van der Waals surface area contributed by atoms with E-state index in [1.807, 2.05) is 19.9 Å². The number of rotatable bonds is 14. The van der Waals surface area contributed by atoms with Crippen LogP contribution in [-0.4, -0.2) is 64.7 Å². The molecule has 1 fully saturated rings. The fourth-order valence-electron chi connectivity index (χ4n) is 3.27. The van der Waals surface area contributed by atoms with E-state index in [4.69, 9.17) is 18.9 Å². The van der Waals surface area contributed by atoms with Gasteiger partial charge < -0.3 is 29.6 Å². The molecule has 0 amide bonds. The van der Waals surface area contributed by atoms with E-state index < -0.39 is 0 Å². The lowest BCUT2D eigenvalue weighted by Gasteiger charge is -2.14. The maximum Gasteiger partial charge on any atom is 0.191 e. The summed E-state index contributed by atoms with van der Waals surface area (Å²) < 4.78 is 22.6. The van der Waals surface area contributed by atoms with E-state index in [2.05, 4.69) is 34.7 Å². The molecule has 1 aromatic carbocycles. The average molecular weight is 549 g/mol. The van der Waals surface area contributed by atoms with E-state index in [-0.39, 0.29) is 24.0 Å². The van der Waals surface area contributed by atoms with Crippen LogP contribution in [-0.2, 0) is 15.9 Å². The maximum atomic E-state index is 5.71. The number of benzene rings is 1. The molecule has 2 N–H and O–H groups in total. The van der Waals surface area contributed by atoms with Crippen LogP contribution in [0.3, 0.4) is 0 Å². The Bertz CT molecular complexity index is 625. The van der Waals surface area contributed by atoms with Crippen molar-refractivity contribution in [1.29, 1.82) is 0 Å². The Balaban J connectivity index is 0.00000480. The molecule has 2 rings (SSSR count). The van der Waals surface area contributed by atoms with E-state index in [1.54, 1.807) is 0 Å². The van der Waals surface area contributed by atoms with Crippen molar-refractivity contribution in [2.75, 3.05) is 52.7 Å². The number of hydrogen-bond acceptors (Lipinski definition) is 5. The van der Waals surface area contributed by atoms with E-state index >= 15 is 0 Å². The van der Waals surface area contributed by atoms with Gasteiger partial charge in [0.1, 0.15) is 0 Å². The zero-order valence-corrected chi connectivity index (χ0v) is 21.6.